The Kier molecular flexibility index (Phi) is 4.04. The Morgan fingerprint density at radius 1 is 1.73 bits per heavy atom. The lowest BCUT2D eigenvalue weighted by atomic mass is 9.88. The van der Waals surface area contributed by atoms with Crippen molar-refractivity contribution in [2.24, 2.45) is 0 Å². The molecule has 2 unspecified atom stereocenters. The zero-order valence-electron chi connectivity index (χ0n) is 8.94. The Morgan fingerprint density at radius 3 is 2.87 bits per heavy atom. The first-order valence-corrected chi connectivity index (χ1v) is 5.31. The monoisotopic (exact) mass is 232 g/mol. The van der Waals surface area contributed by atoms with E-state index in [-0.39, 0.29) is 0 Å². The third kappa shape index (κ3) is 3.14. The molecule has 0 saturated carbocycles. The smallest absolute Gasteiger partial charge is 0.347 e. The lowest BCUT2D eigenvalue weighted by Crippen LogP contribution is -2.38. The second-order valence-electron chi connectivity index (χ2n) is 3.61. The summed E-state index contributed by atoms with van der Waals surface area (Å²) in [4.78, 5) is 22.7. The summed E-state index contributed by atoms with van der Waals surface area (Å²) in [6.45, 7) is 1.98. The molecule has 0 aromatic carbocycles. The minimum atomic E-state index is -0.822. The maximum absolute atomic E-state index is 11.6. The Bertz CT molecular complexity index is 268. The Balaban J connectivity index is 2.50. The van der Waals surface area contributed by atoms with E-state index in [2.05, 4.69) is 4.74 Å². The molecule has 7 heteroatoms. The first-order valence-electron chi connectivity index (χ1n) is 4.57. The van der Waals surface area contributed by atoms with Crippen LogP contribution in [0.15, 0.2) is 0 Å². The van der Waals surface area contributed by atoms with E-state index in [4.69, 9.17) is 8.92 Å². The van der Waals surface area contributed by atoms with Gasteiger partial charge in [-0.3, -0.25) is 4.79 Å². The fourth-order valence-electron chi connectivity index (χ4n) is 1.10. The van der Waals surface area contributed by atoms with Crippen molar-refractivity contribution in [2.45, 2.75) is 24.1 Å². The van der Waals surface area contributed by atoms with Crippen LogP contribution < -0.4 is 0 Å². The van der Waals surface area contributed by atoms with E-state index in [1.807, 2.05) is 0 Å². The summed E-state index contributed by atoms with van der Waals surface area (Å²) >= 11 is 1.000. The number of hydrogen-bond acceptors (Lipinski definition) is 6. The average Bonchev–Trinajstić information content (AvgIpc) is 2.52. The van der Waals surface area contributed by atoms with E-state index in [1.54, 1.807) is 14.8 Å². The first-order chi connectivity index (χ1) is 6.97. The number of carbonyl (C=O) groups is 2. The molecule has 15 heavy (non-hydrogen) atoms. The van der Waals surface area contributed by atoms with Crippen LogP contribution in [0.5, 0.6) is 0 Å². The van der Waals surface area contributed by atoms with Gasteiger partial charge in [-0.2, -0.15) is 0 Å². The number of ether oxygens (including phenoxy) is 2. The predicted octanol–water partition coefficient (Wildman–Crippen LogP) is -0.511. The van der Waals surface area contributed by atoms with Gasteiger partial charge in [0.2, 0.25) is 6.10 Å². The molecule has 0 aromatic heterocycles. The molecular weight excluding hydrogens is 219 g/mol. The van der Waals surface area contributed by atoms with Crippen molar-refractivity contribution in [2.75, 3.05) is 13.7 Å². The topological polar surface area (TPSA) is 61.8 Å². The Hall–Kier alpha value is -0.685. The summed E-state index contributed by atoms with van der Waals surface area (Å²) in [5, 5.41) is 0. The fourth-order valence-corrected chi connectivity index (χ4v) is 1.63. The highest BCUT2D eigenvalue weighted by molar-refractivity contribution is 7.98. The molecule has 1 saturated heterocycles. The van der Waals surface area contributed by atoms with Crippen LogP contribution in [0, 0.1) is 0 Å². The van der Waals surface area contributed by atoms with Crippen molar-refractivity contribution < 1.29 is 23.2 Å². The van der Waals surface area contributed by atoms with Gasteiger partial charge in [0.25, 0.3) is 0 Å². The van der Waals surface area contributed by atoms with Gasteiger partial charge in [0, 0.05) is 6.42 Å². The van der Waals surface area contributed by atoms with Gasteiger partial charge in [0.1, 0.15) is 12.5 Å². The summed E-state index contributed by atoms with van der Waals surface area (Å²) in [5.74, 6) is -0.945. The summed E-state index contributed by atoms with van der Waals surface area (Å²) in [6, 6.07) is 0. The molecule has 0 spiro atoms. The first kappa shape index (κ1) is 12.4. The van der Waals surface area contributed by atoms with Gasteiger partial charge in [-0.1, -0.05) is 0 Å². The van der Waals surface area contributed by atoms with Gasteiger partial charge >= 0.3 is 11.9 Å². The molecule has 1 heterocycles. The summed E-state index contributed by atoms with van der Waals surface area (Å²) < 4.78 is 13.7. The van der Waals surface area contributed by atoms with Crippen molar-refractivity contribution in [3.8, 4) is 0 Å². The number of carbonyl (C=O) groups excluding carboxylic acids is 2. The molecule has 5 nitrogen and oxygen atoms in total. The minimum absolute atomic E-state index is 0.314. The van der Waals surface area contributed by atoms with Gasteiger partial charge in [-0.05, 0) is 19.0 Å². The highest BCUT2D eigenvalue weighted by atomic mass is 32.2. The van der Waals surface area contributed by atoms with E-state index < -0.39 is 22.7 Å². The molecule has 0 amide bonds. The molecule has 0 N–H and O–H groups in total. The number of rotatable bonds is 4. The second kappa shape index (κ2) is 4.89. The summed E-state index contributed by atoms with van der Waals surface area (Å²) in [7, 11) is 3.15. The largest absolute Gasteiger partial charge is 0.463 e. The van der Waals surface area contributed by atoms with Gasteiger partial charge in [-0.25, -0.2) is 4.79 Å². The van der Waals surface area contributed by atoms with Crippen LogP contribution in [0.3, 0.4) is 0 Å². The highest BCUT2D eigenvalue weighted by Gasteiger charge is 2.37. The summed E-state index contributed by atoms with van der Waals surface area (Å²) in [5.41, 5.74) is 0. The molecule has 0 bridgehead atoms. The van der Waals surface area contributed by atoms with Crippen molar-refractivity contribution in [3.63, 3.8) is 0 Å². The van der Waals surface area contributed by atoms with Crippen molar-refractivity contribution >= 4 is 31.8 Å². The molecule has 1 aliphatic rings. The maximum atomic E-state index is 11.6. The molecule has 2 atom stereocenters. The molecule has 1 aliphatic heterocycles. The Labute approximate surface area is 93.4 Å². The second-order valence-corrected chi connectivity index (χ2v) is 5.13. The van der Waals surface area contributed by atoms with Crippen LogP contribution >= 0.6 is 12.0 Å². The number of esters is 2. The van der Waals surface area contributed by atoms with Crippen LogP contribution in [0.25, 0.3) is 0 Å². The molecule has 0 aliphatic carbocycles. The minimum Gasteiger partial charge on any atom is -0.463 e. The highest BCUT2D eigenvalue weighted by Crippen LogP contribution is 2.24. The zero-order chi connectivity index (χ0) is 11.5. The van der Waals surface area contributed by atoms with Gasteiger partial charge in [0.15, 0.2) is 0 Å². The van der Waals surface area contributed by atoms with Crippen LogP contribution in [-0.2, 0) is 23.2 Å². The van der Waals surface area contributed by atoms with E-state index in [0.717, 1.165) is 12.0 Å². The van der Waals surface area contributed by atoms with Gasteiger partial charge in [0.05, 0.1) is 13.7 Å². The number of hydrogen-bond donors (Lipinski definition) is 0. The van der Waals surface area contributed by atoms with E-state index >= 15 is 0 Å². The predicted molar refractivity (Wildman–Crippen MR) is 57.0 cm³/mol. The molecular formula is C8H13BO5S. The van der Waals surface area contributed by atoms with E-state index in [0.29, 0.717) is 13.0 Å². The van der Waals surface area contributed by atoms with Crippen LogP contribution in [-0.4, -0.2) is 44.3 Å². The lowest BCUT2D eigenvalue weighted by molar-refractivity contribution is -0.160. The molecule has 0 aromatic rings. The van der Waals surface area contributed by atoms with Crippen LogP contribution in [0.4, 0.5) is 0 Å². The van der Waals surface area contributed by atoms with E-state index in [1.165, 1.54) is 7.11 Å². The molecule has 0 radical (unpaired) electrons. The van der Waals surface area contributed by atoms with Crippen LogP contribution in [0.2, 0.25) is 0 Å². The van der Waals surface area contributed by atoms with Crippen molar-refractivity contribution in [1.82, 2.24) is 0 Å². The molecule has 1 fully saturated rings. The van der Waals surface area contributed by atoms with Gasteiger partial charge < -0.3 is 13.7 Å². The third-order valence-electron chi connectivity index (χ3n) is 1.92. The summed E-state index contributed by atoms with van der Waals surface area (Å²) in [6.07, 6.45) is -0.326. The van der Waals surface area contributed by atoms with E-state index in [9.17, 15) is 9.59 Å². The SMILES string of the molecule is BC(C)(SOC)C(=O)OC1CCOC1=O. The fraction of sp³-hybridized carbons (Fsp3) is 0.750. The lowest BCUT2D eigenvalue weighted by Gasteiger charge is -2.21. The van der Waals surface area contributed by atoms with Crippen molar-refractivity contribution in [3.05, 3.63) is 0 Å². The quantitative estimate of drug-likeness (QED) is 0.369. The Morgan fingerprint density at radius 2 is 2.40 bits per heavy atom. The number of cyclic esters (lactones) is 1. The molecule has 84 valence electrons. The molecule has 1 rings (SSSR count). The standard InChI is InChI=1S/C8H13BO5S/c1-8(9,15-12-2)7(11)14-5-3-4-13-6(5)10/h5H,3-4,9H2,1-2H3. The van der Waals surface area contributed by atoms with Crippen molar-refractivity contribution in [1.29, 1.82) is 0 Å². The van der Waals surface area contributed by atoms with Gasteiger partial charge in [-0.15, -0.1) is 0 Å². The average molecular weight is 232 g/mol. The normalized spacial score (nSPS) is 24.4. The zero-order valence-corrected chi connectivity index (χ0v) is 9.76. The third-order valence-corrected chi connectivity index (χ3v) is 2.67. The van der Waals surface area contributed by atoms with Crippen LogP contribution in [0.1, 0.15) is 13.3 Å². The maximum Gasteiger partial charge on any atom is 0.347 e.